The average molecular weight is 285 g/mol. The zero-order valence-corrected chi connectivity index (χ0v) is 10.5. The van der Waals surface area contributed by atoms with Gasteiger partial charge in [0.25, 0.3) is 0 Å². The Morgan fingerprint density at radius 2 is 1.88 bits per heavy atom. The molecule has 0 atom stereocenters. The summed E-state index contributed by atoms with van der Waals surface area (Å²) in [4.78, 5) is 0. The number of benzene rings is 1. The predicted octanol–water partition coefficient (Wildman–Crippen LogP) is -0.321. The summed E-state index contributed by atoms with van der Waals surface area (Å²) in [7, 11) is 2.76. The Kier molecular flexibility index (Phi) is 3.64. The maximum Gasteiger partial charge on any atom is 0.495 e. The van der Waals surface area contributed by atoms with E-state index in [0.29, 0.717) is 16.1 Å². The number of nitrogens with zero attached hydrogens (tertiary/aromatic N) is 2. The van der Waals surface area contributed by atoms with Crippen molar-refractivity contribution in [1.29, 1.82) is 0 Å². The number of rotatable bonds is 0. The van der Waals surface area contributed by atoms with Gasteiger partial charge >= 0.3 is 12.0 Å². The number of aryl methyl sites for hydroxylation is 2. The minimum atomic E-state index is -4.38. The van der Waals surface area contributed by atoms with Crippen LogP contribution in [0.1, 0.15) is 5.82 Å². The van der Waals surface area contributed by atoms with Crippen molar-refractivity contribution in [1.82, 2.24) is 4.57 Å². The maximum absolute atomic E-state index is 12.8. The van der Waals surface area contributed by atoms with E-state index in [4.69, 9.17) is 11.6 Å². The molecule has 0 N–H and O–H groups in total. The van der Waals surface area contributed by atoms with E-state index < -0.39 is 12.0 Å². The van der Waals surface area contributed by atoms with Crippen LogP contribution in [0.4, 0.5) is 13.2 Å². The highest BCUT2D eigenvalue weighted by Gasteiger charge is 2.45. The molecule has 0 aliphatic heterocycles. The van der Waals surface area contributed by atoms with E-state index in [9.17, 15) is 13.2 Å². The van der Waals surface area contributed by atoms with E-state index in [1.165, 1.54) is 20.2 Å². The van der Waals surface area contributed by atoms with E-state index in [1.54, 1.807) is 12.1 Å². The minimum absolute atomic E-state index is 0. The SMILES string of the molecule is Cn1c(C(F)(F)F)[n+](C)c2ccc(Cl)cc21.[Cl-]. The van der Waals surface area contributed by atoms with Crippen LogP contribution in [0.5, 0.6) is 0 Å². The number of halogens is 5. The van der Waals surface area contributed by atoms with E-state index in [-0.39, 0.29) is 12.4 Å². The molecule has 0 fully saturated rings. The number of hydrogen-bond acceptors (Lipinski definition) is 0. The van der Waals surface area contributed by atoms with Crippen LogP contribution < -0.4 is 17.0 Å². The third-order valence-electron chi connectivity index (χ3n) is 2.55. The van der Waals surface area contributed by atoms with E-state index in [0.717, 1.165) is 9.13 Å². The Labute approximate surface area is 107 Å². The van der Waals surface area contributed by atoms with Crippen LogP contribution in [0, 0.1) is 0 Å². The normalized spacial score (nSPS) is 11.6. The van der Waals surface area contributed by atoms with Crippen LogP contribution in [0.25, 0.3) is 11.0 Å². The van der Waals surface area contributed by atoms with Gasteiger partial charge in [-0.25, -0.2) is 9.13 Å². The Bertz CT molecular complexity index is 561. The first-order valence-corrected chi connectivity index (χ1v) is 4.91. The summed E-state index contributed by atoms with van der Waals surface area (Å²) in [6.07, 6.45) is -4.38. The van der Waals surface area contributed by atoms with Gasteiger partial charge in [-0.3, -0.25) is 0 Å². The van der Waals surface area contributed by atoms with Gasteiger partial charge in [0.1, 0.15) is 0 Å². The van der Waals surface area contributed by atoms with Gasteiger partial charge in [0, 0.05) is 11.1 Å². The number of aromatic nitrogens is 2. The number of hydrogen-bond donors (Lipinski definition) is 0. The Balaban J connectivity index is 0.00000144. The molecule has 0 radical (unpaired) electrons. The summed E-state index contributed by atoms with van der Waals surface area (Å²) in [5.41, 5.74) is 0.960. The monoisotopic (exact) mass is 284 g/mol. The molecule has 0 bridgehead atoms. The number of imidazole rings is 1. The second kappa shape index (κ2) is 4.38. The molecule has 94 valence electrons. The molecule has 0 unspecified atom stereocenters. The van der Waals surface area contributed by atoms with Crippen LogP contribution in [0.2, 0.25) is 5.02 Å². The summed E-state index contributed by atoms with van der Waals surface area (Å²) in [5, 5.41) is 0.419. The zero-order valence-electron chi connectivity index (χ0n) is 9.02. The van der Waals surface area contributed by atoms with Crippen molar-refractivity contribution in [3.8, 4) is 0 Å². The molecule has 0 aliphatic carbocycles. The number of fused-ring (bicyclic) bond motifs is 1. The zero-order chi connectivity index (χ0) is 12.1. The van der Waals surface area contributed by atoms with Crippen LogP contribution >= 0.6 is 11.6 Å². The Morgan fingerprint density at radius 1 is 1.29 bits per heavy atom. The summed E-state index contributed by atoms with van der Waals surface area (Å²) >= 11 is 5.76. The first-order valence-electron chi connectivity index (χ1n) is 4.53. The maximum atomic E-state index is 12.8. The summed E-state index contributed by atoms with van der Waals surface area (Å²) in [6, 6.07) is 4.67. The molecule has 2 nitrogen and oxygen atoms in total. The molecule has 0 saturated heterocycles. The third kappa shape index (κ3) is 2.21. The predicted molar refractivity (Wildman–Crippen MR) is 54.1 cm³/mol. The van der Waals surface area contributed by atoms with Gasteiger partial charge < -0.3 is 12.4 Å². The summed E-state index contributed by atoms with van der Waals surface area (Å²) in [6.45, 7) is 0. The first-order chi connectivity index (χ1) is 7.32. The molecule has 1 aromatic heterocycles. The molecule has 0 spiro atoms. The van der Waals surface area contributed by atoms with Gasteiger partial charge in [0.2, 0.25) is 0 Å². The van der Waals surface area contributed by atoms with Crippen LogP contribution in [0.3, 0.4) is 0 Å². The van der Waals surface area contributed by atoms with Crippen LogP contribution in [-0.2, 0) is 20.3 Å². The fraction of sp³-hybridized carbons (Fsp3) is 0.300. The highest BCUT2D eigenvalue weighted by molar-refractivity contribution is 6.31. The summed E-state index contributed by atoms with van der Waals surface area (Å²) < 4.78 is 40.5. The smallest absolute Gasteiger partial charge is 0.495 e. The number of alkyl halides is 3. The lowest BCUT2D eigenvalue weighted by molar-refractivity contribution is -0.667. The van der Waals surface area contributed by atoms with Gasteiger partial charge in [-0.05, 0) is 12.1 Å². The minimum Gasteiger partial charge on any atom is -1.00 e. The molecular weight excluding hydrogens is 276 g/mol. The molecule has 1 aromatic carbocycles. The third-order valence-corrected chi connectivity index (χ3v) is 2.78. The van der Waals surface area contributed by atoms with Crippen molar-refractivity contribution in [3.63, 3.8) is 0 Å². The topological polar surface area (TPSA) is 8.81 Å². The van der Waals surface area contributed by atoms with Gasteiger partial charge in [-0.1, -0.05) is 11.6 Å². The van der Waals surface area contributed by atoms with E-state index in [2.05, 4.69) is 0 Å². The highest BCUT2D eigenvalue weighted by Crippen LogP contribution is 2.29. The lowest BCUT2D eigenvalue weighted by atomic mass is 10.3. The lowest BCUT2D eigenvalue weighted by Gasteiger charge is -2.01. The van der Waals surface area contributed by atoms with Gasteiger partial charge in [0.05, 0.1) is 14.1 Å². The fourth-order valence-electron chi connectivity index (χ4n) is 1.88. The summed E-state index contributed by atoms with van der Waals surface area (Å²) in [5.74, 6) is -0.704. The van der Waals surface area contributed by atoms with Crippen molar-refractivity contribution >= 4 is 22.6 Å². The molecule has 0 saturated carbocycles. The van der Waals surface area contributed by atoms with Gasteiger partial charge in [-0.2, -0.15) is 13.2 Å². The molecule has 7 heteroatoms. The van der Waals surface area contributed by atoms with Crippen LogP contribution in [-0.4, -0.2) is 4.57 Å². The van der Waals surface area contributed by atoms with Crippen molar-refractivity contribution in [2.75, 3.05) is 0 Å². The molecule has 2 rings (SSSR count). The second-order valence-electron chi connectivity index (χ2n) is 3.57. The van der Waals surface area contributed by atoms with Crippen molar-refractivity contribution < 1.29 is 30.1 Å². The highest BCUT2D eigenvalue weighted by atomic mass is 35.5. The van der Waals surface area contributed by atoms with E-state index >= 15 is 0 Å². The molecule has 17 heavy (non-hydrogen) atoms. The molecule has 0 amide bonds. The van der Waals surface area contributed by atoms with Crippen LogP contribution in [0.15, 0.2) is 18.2 Å². The van der Waals surface area contributed by atoms with Gasteiger partial charge in [0.15, 0.2) is 11.0 Å². The van der Waals surface area contributed by atoms with E-state index in [1.807, 2.05) is 0 Å². The fourth-order valence-corrected chi connectivity index (χ4v) is 2.05. The molecule has 1 heterocycles. The average Bonchev–Trinajstić information content (AvgIpc) is 2.38. The van der Waals surface area contributed by atoms with Crippen molar-refractivity contribution in [3.05, 3.63) is 29.0 Å². The lowest BCUT2D eigenvalue weighted by Crippen LogP contribution is -3.00. The molecule has 2 aromatic rings. The first kappa shape index (κ1) is 14.1. The molecular formula is C10H9Cl2F3N2. The Hall–Kier alpha value is -0.940. The molecule has 0 aliphatic rings. The van der Waals surface area contributed by atoms with Gasteiger partial charge in [-0.15, -0.1) is 0 Å². The standard InChI is InChI=1S/C10H9ClF3N2.ClH/c1-15-7-4-3-6(11)5-8(7)16(2)9(15)10(12,13)14;/h3-5H,1-2H3;1H/q+1;/p-1. The van der Waals surface area contributed by atoms with Crippen molar-refractivity contribution in [2.24, 2.45) is 14.1 Å². The second-order valence-corrected chi connectivity index (χ2v) is 4.01. The Morgan fingerprint density at radius 3 is 2.41 bits per heavy atom. The van der Waals surface area contributed by atoms with Crippen molar-refractivity contribution in [2.45, 2.75) is 6.18 Å². The quantitative estimate of drug-likeness (QED) is 0.587. The largest absolute Gasteiger partial charge is 1.00 e.